The molecule has 23 heavy (non-hydrogen) atoms. The summed E-state index contributed by atoms with van der Waals surface area (Å²) < 4.78 is 5.40. The number of carbonyl (C=O) groups excluding carboxylic acids is 1. The van der Waals surface area contributed by atoms with Crippen molar-refractivity contribution in [3.8, 4) is 0 Å². The fourth-order valence-corrected chi connectivity index (χ4v) is 3.95. The summed E-state index contributed by atoms with van der Waals surface area (Å²) in [6.45, 7) is 1.45. The smallest absolute Gasteiger partial charge is 0.329 e. The Morgan fingerprint density at radius 3 is 2.48 bits per heavy atom. The molecule has 8 heteroatoms. The second-order valence-corrected chi connectivity index (χ2v) is 7.05. The lowest BCUT2D eigenvalue weighted by Crippen LogP contribution is -2.35. The molecule has 0 spiro atoms. The van der Waals surface area contributed by atoms with Crippen molar-refractivity contribution < 1.29 is 4.79 Å². The summed E-state index contributed by atoms with van der Waals surface area (Å²) in [4.78, 5) is 42.3. The molecule has 1 aliphatic heterocycles. The molecule has 0 bridgehead atoms. The van der Waals surface area contributed by atoms with Gasteiger partial charge in [-0.15, -0.1) is 0 Å². The number of H-pyrrole nitrogens is 1. The first-order chi connectivity index (χ1) is 11.2. The summed E-state index contributed by atoms with van der Waals surface area (Å²) >= 11 is 1.01. The van der Waals surface area contributed by atoms with E-state index in [1.807, 2.05) is 4.90 Å². The quantitative estimate of drug-likeness (QED) is 0.901. The van der Waals surface area contributed by atoms with Crippen LogP contribution >= 0.6 is 11.5 Å². The third-order valence-electron chi connectivity index (χ3n) is 4.56. The average Bonchev–Trinajstić information content (AvgIpc) is 3.31. The number of nitrogens with zero attached hydrogens (tertiary/aromatic N) is 3. The summed E-state index contributed by atoms with van der Waals surface area (Å²) in [5.41, 5.74) is -0.302. The molecule has 122 valence electrons. The summed E-state index contributed by atoms with van der Waals surface area (Å²) in [7, 11) is 0. The van der Waals surface area contributed by atoms with Gasteiger partial charge in [0, 0.05) is 19.1 Å². The predicted octanol–water partition coefficient (Wildman–Crippen LogP) is 1.50. The van der Waals surface area contributed by atoms with Gasteiger partial charge in [-0.05, 0) is 37.2 Å². The van der Waals surface area contributed by atoms with Crippen LogP contribution in [0.4, 0.5) is 0 Å². The third-order valence-corrected chi connectivity index (χ3v) is 5.40. The second kappa shape index (κ2) is 5.59. The lowest BCUT2D eigenvalue weighted by molar-refractivity contribution is 0.0768. The Bertz CT molecular complexity index is 869. The lowest BCUT2D eigenvalue weighted by Gasteiger charge is -2.19. The Balaban J connectivity index is 1.77. The summed E-state index contributed by atoms with van der Waals surface area (Å²) in [5.74, 6) is -0.126. The van der Waals surface area contributed by atoms with Crippen molar-refractivity contribution in [2.75, 3.05) is 13.1 Å². The van der Waals surface area contributed by atoms with Crippen LogP contribution in [0.25, 0.3) is 11.0 Å². The van der Waals surface area contributed by atoms with Gasteiger partial charge in [-0.2, -0.15) is 4.37 Å². The minimum Gasteiger partial charge on any atom is -0.338 e. The molecule has 4 rings (SSSR count). The third kappa shape index (κ3) is 2.50. The van der Waals surface area contributed by atoms with E-state index < -0.39 is 5.69 Å². The van der Waals surface area contributed by atoms with Crippen molar-refractivity contribution in [1.29, 1.82) is 0 Å². The zero-order valence-corrected chi connectivity index (χ0v) is 13.5. The topological polar surface area (TPSA) is 88.1 Å². The van der Waals surface area contributed by atoms with Gasteiger partial charge in [0.25, 0.3) is 11.5 Å². The monoisotopic (exact) mass is 334 g/mol. The van der Waals surface area contributed by atoms with Crippen LogP contribution < -0.4 is 11.2 Å². The fraction of sp³-hybridized carbons (Fsp3) is 0.600. The van der Waals surface area contributed by atoms with Gasteiger partial charge in [-0.1, -0.05) is 12.8 Å². The molecule has 1 N–H and O–H groups in total. The van der Waals surface area contributed by atoms with Crippen LogP contribution in [0.15, 0.2) is 9.59 Å². The first kappa shape index (κ1) is 14.6. The van der Waals surface area contributed by atoms with Crippen LogP contribution in [-0.2, 0) is 0 Å². The standard InChI is InChI=1S/C15H18N4O3S/c20-13-11-10(16-15(22)19(13)9-5-6-9)12(23-17-11)14(21)18-7-3-1-2-4-8-18/h9H,1-8H2,(H,16,22). The van der Waals surface area contributed by atoms with Gasteiger partial charge >= 0.3 is 5.69 Å². The van der Waals surface area contributed by atoms with E-state index in [0.29, 0.717) is 10.4 Å². The SMILES string of the molecule is O=C(c1snc2c(=O)n(C3CC3)c(=O)[nH]c12)N1CCCCCC1. The van der Waals surface area contributed by atoms with Crippen LogP contribution in [0, 0.1) is 0 Å². The number of aromatic nitrogens is 3. The van der Waals surface area contributed by atoms with Gasteiger partial charge in [-0.3, -0.25) is 14.2 Å². The van der Waals surface area contributed by atoms with Crippen LogP contribution in [-0.4, -0.2) is 37.8 Å². The van der Waals surface area contributed by atoms with Crippen molar-refractivity contribution in [3.05, 3.63) is 25.7 Å². The maximum absolute atomic E-state index is 12.7. The number of fused-ring (bicyclic) bond motifs is 1. The molecule has 1 saturated heterocycles. The molecule has 2 aliphatic rings. The van der Waals surface area contributed by atoms with Crippen LogP contribution in [0.1, 0.15) is 54.2 Å². The largest absolute Gasteiger partial charge is 0.338 e. The first-order valence-corrected chi connectivity index (χ1v) is 8.87. The second-order valence-electron chi connectivity index (χ2n) is 6.28. The molecule has 1 amide bonds. The number of hydrogen-bond donors (Lipinski definition) is 1. The highest BCUT2D eigenvalue weighted by atomic mass is 32.1. The average molecular weight is 334 g/mol. The van der Waals surface area contributed by atoms with E-state index in [2.05, 4.69) is 9.36 Å². The molecule has 0 atom stereocenters. The molecule has 0 unspecified atom stereocenters. The molecule has 3 heterocycles. The van der Waals surface area contributed by atoms with Crippen molar-refractivity contribution in [1.82, 2.24) is 18.8 Å². The van der Waals surface area contributed by atoms with Gasteiger partial charge < -0.3 is 9.88 Å². The number of carbonyl (C=O) groups is 1. The Morgan fingerprint density at radius 1 is 1.13 bits per heavy atom. The summed E-state index contributed by atoms with van der Waals surface area (Å²) in [6, 6.07) is -0.0119. The fourth-order valence-electron chi connectivity index (χ4n) is 3.15. The van der Waals surface area contributed by atoms with Crippen molar-refractivity contribution >= 4 is 28.5 Å². The Morgan fingerprint density at radius 2 is 1.83 bits per heavy atom. The molecule has 2 aromatic rings. The van der Waals surface area contributed by atoms with E-state index in [4.69, 9.17) is 0 Å². The van der Waals surface area contributed by atoms with E-state index in [-0.39, 0.29) is 23.0 Å². The predicted molar refractivity (Wildman–Crippen MR) is 87.1 cm³/mol. The van der Waals surface area contributed by atoms with Gasteiger partial charge in [0.1, 0.15) is 4.88 Å². The molecule has 0 aromatic carbocycles. The Kier molecular flexibility index (Phi) is 3.56. The zero-order chi connectivity index (χ0) is 16.0. The highest BCUT2D eigenvalue weighted by Crippen LogP contribution is 2.32. The van der Waals surface area contributed by atoms with Crippen LogP contribution in [0.2, 0.25) is 0 Å². The molecular formula is C15H18N4O3S. The molecule has 0 radical (unpaired) electrons. The van der Waals surface area contributed by atoms with Gasteiger partial charge in [-0.25, -0.2) is 4.79 Å². The number of amides is 1. The molecule has 1 aliphatic carbocycles. The Labute approximate surface area is 136 Å². The van der Waals surface area contributed by atoms with Gasteiger partial charge in [0.2, 0.25) is 0 Å². The van der Waals surface area contributed by atoms with Crippen molar-refractivity contribution in [2.24, 2.45) is 0 Å². The number of likely N-dealkylation sites (tertiary alicyclic amines) is 1. The highest BCUT2D eigenvalue weighted by Gasteiger charge is 2.30. The Hall–Kier alpha value is -1.96. The van der Waals surface area contributed by atoms with Crippen LogP contribution in [0.3, 0.4) is 0 Å². The molecule has 7 nitrogen and oxygen atoms in total. The van der Waals surface area contributed by atoms with Crippen molar-refractivity contribution in [3.63, 3.8) is 0 Å². The number of hydrogen-bond acceptors (Lipinski definition) is 5. The minimum atomic E-state index is -0.435. The highest BCUT2D eigenvalue weighted by molar-refractivity contribution is 7.09. The molecule has 2 fully saturated rings. The summed E-state index contributed by atoms with van der Waals surface area (Å²) in [5, 5.41) is 0. The maximum atomic E-state index is 12.7. The van der Waals surface area contributed by atoms with E-state index in [0.717, 1.165) is 63.1 Å². The molecular weight excluding hydrogens is 316 g/mol. The van der Waals surface area contributed by atoms with E-state index in [1.54, 1.807) is 0 Å². The first-order valence-electron chi connectivity index (χ1n) is 8.10. The van der Waals surface area contributed by atoms with E-state index in [1.165, 1.54) is 4.57 Å². The summed E-state index contributed by atoms with van der Waals surface area (Å²) in [6.07, 6.45) is 5.95. The lowest BCUT2D eigenvalue weighted by atomic mass is 10.2. The number of aromatic amines is 1. The van der Waals surface area contributed by atoms with Gasteiger partial charge in [0.15, 0.2) is 5.52 Å². The zero-order valence-electron chi connectivity index (χ0n) is 12.7. The minimum absolute atomic E-state index is 0.0119. The van der Waals surface area contributed by atoms with Gasteiger partial charge in [0.05, 0.1) is 5.52 Å². The molecule has 1 saturated carbocycles. The van der Waals surface area contributed by atoms with E-state index >= 15 is 0 Å². The van der Waals surface area contributed by atoms with Crippen molar-refractivity contribution in [2.45, 2.75) is 44.6 Å². The maximum Gasteiger partial charge on any atom is 0.329 e. The number of nitrogens with one attached hydrogen (secondary N) is 1. The van der Waals surface area contributed by atoms with Crippen LogP contribution in [0.5, 0.6) is 0 Å². The van der Waals surface area contributed by atoms with E-state index in [9.17, 15) is 14.4 Å². The normalized spacial score (nSPS) is 19.0. The molecule has 2 aromatic heterocycles. The number of rotatable bonds is 2.